The Labute approximate surface area is 182 Å². The molecule has 2 aliphatic heterocycles. The number of ether oxygens (including phenoxy) is 1. The number of fused-ring (bicyclic) bond motifs is 1. The van der Waals surface area contributed by atoms with E-state index in [9.17, 15) is 4.79 Å². The van der Waals surface area contributed by atoms with Crippen molar-refractivity contribution in [2.24, 2.45) is 0 Å². The van der Waals surface area contributed by atoms with Gasteiger partial charge in [-0.25, -0.2) is 0 Å². The zero-order valence-electron chi connectivity index (χ0n) is 17.6. The summed E-state index contributed by atoms with van der Waals surface area (Å²) in [4.78, 5) is 22.5. The molecule has 5 rings (SSSR count). The number of nitrogens with one attached hydrogen (secondary N) is 1. The Kier molecular flexibility index (Phi) is 5.08. The topological polar surface area (TPSA) is 57.7 Å². The largest absolute Gasteiger partial charge is 0.497 e. The second-order valence-electron chi connectivity index (χ2n) is 8.14. The summed E-state index contributed by atoms with van der Waals surface area (Å²) < 4.78 is 5.32. The zero-order valence-corrected chi connectivity index (χ0v) is 17.6. The van der Waals surface area contributed by atoms with Crippen LogP contribution in [0.15, 0.2) is 72.9 Å². The molecule has 3 aromatic rings. The molecular formula is C25H26N4O2. The standard InChI is InChI=1S/C25H26N4O2/c1-31-21-11-9-20(10-12-21)29-24(30)22-7-2-3-8-23(22)27-25(29)13-16-28(17-14-25)18-19-6-4-5-15-26-19/h2-12,15,27H,13-14,16-18H2,1H3. The van der Waals surface area contributed by atoms with Crippen LogP contribution in [0, 0.1) is 0 Å². The van der Waals surface area contributed by atoms with E-state index in [2.05, 4.69) is 21.3 Å². The van der Waals surface area contributed by atoms with Crippen molar-refractivity contribution >= 4 is 17.3 Å². The lowest BCUT2D eigenvalue weighted by Gasteiger charge is -2.52. The number of pyridine rings is 1. The van der Waals surface area contributed by atoms with E-state index >= 15 is 0 Å². The number of carbonyl (C=O) groups is 1. The molecule has 0 unspecified atom stereocenters. The third kappa shape index (κ3) is 3.64. The maximum absolute atomic E-state index is 13.6. The minimum absolute atomic E-state index is 0.0395. The van der Waals surface area contributed by atoms with Crippen molar-refractivity contribution in [1.82, 2.24) is 9.88 Å². The predicted molar refractivity (Wildman–Crippen MR) is 121 cm³/mol. The fraction of sp³-hybridized carbons (Fsp3) is 0.280. The van der Waals surface area contributed by atoms with E-state index in [4.69, 9.17) is 4.74 Å². The molecule has 31 heavy (non-hydrogen) atoms. The third-order valence-corrected chi connectivity index (χ3v) is 6.28. The van der Waals surface area contributed by atoms with E-state index in [0.29, 0.717) is 5.56 Å². The fourth-order valence-corrected chi connectivity index (χ4v) is 4.65. The van der Waals surface area contributed by atoms with Crippen LogP contribution < -0.4 is 15.0 Å². The summed E-state index contributed by atoms with van der Waals surface area (Å²) in [6.45, 7) is 2.58. The van der Waals surface area contributed by atoms with Crippen molar-refractivity contribution in [3.05, 3.63) is 84.2 Å². The first-order chi connectivity index (χ1) is 15.2. The maximum atomic E-state index is 13.6. The number of carbonyl (C=O) groups excluding carboxylic acids is 1. The Morgan fingerprint density at radius 2 is 1.74 bits per heavy atom. The highest BCUT2D eigenvalue weighted by atomic mass is 16.5. The summed E-state index contributed by atoms with van der Waals surface area (Å²) in [5.41, 5.74) is 3.12. The summed E-state index contributed by atoms with van der Waals surface area (Å²) >= 11 is 0. The fourth-order valence-electron chi connectivity index (χ4n) is 4.65. The monoisotopic (exact) mass is 414 g/mol. The molecule has 0 radical (unpaired) electrons. The molecule has 1 saturated heterocycles. The first-order valence-corrected chi connectivity index (χ1v) is 10.7. The van der Waals surface area contributed by atoms with E-state index in [1.165, 1.54) is 0 Å². The van der Waals surface area contributed by atoms with Gasteiger partial charge in [0, 0.05) is 50.0 Å². The van der Waals surface area contributed by atoms with Crippen LogP contribution in [0.3, 0.4) is 0 Å². The Balaban J connectivity index is 1.45. The molecule has 6 heteroatoms. The summed E-state index contributed by atoms with van der Waals surface area (Å²) in [5, 5.41) is 3.74. The van der Waals surface area contributed by atoms with Crippen LogP contribution in [-0.2, 0) is 6.54 Å². The number of methoxy groups -OCH3 is 1. The smallest absolute Gasteiger partial charge is 0.262 e. The van der Waals surface area contributed by atoms with Gasteiger partial charge in [0.2, 0.25) is 0 Å². The van der Waals surface area contributed by atoms with Gasteiger partial charge in [0.1, 0.15) is 11.4 Å². The van der Waals surface area contributed by atoms with Gasteiger partial charge in [-0.3, -0.25) is 19.6 Å². The normalized spacial score (nSPS) is 17.8. The molecule has 1 amide bonds. The van der Waals surface area contributed by atoms with Crippen LogP contribution in [0.25, 0.3) is 0 Å². The number of amides is 1. The lowest BCUT2D eigenvalue weighted by molar-refractivity contribution is 0.0903. The quantitative estimate of drug-likeness (QED) is 0.695. The van der Waals surface area contributed by atoms with E-state index < -0.39 is 5.66 Å². The van der Waals surface area contributed by atoms with Crippen LogP contribution in [0.5, 0.6) is 5.75 Å². The average molecular weight is 415 g/mol. The molecule has 2 aromatic carbocycles. The van der Waals surface area contributed by atoms with Crippen LogP contribution in [0.2, 0.25) is 0 Å². The van der Waals surface area contributed by atoms with Crippen molar-refractivity contribution in [3.8, 4) is 5.75 Å². The predicted octanol–water partition coefficient (Wildman–Crippen LogP) is 4.15. The summed E-state index contributed by atoms with van der Waals surface area (Å²) in [6, 6.07) is 21.6. The van der Waals surface area contributed by atoms with Crippen molar-refractivity contribution in [1.29, 1.82) is 0 Å². The molecule has 1 N–H and O–H groups in total. The van der Waals surface area contributed by atoms with E-state index in [1.807, 2.05) is 71.8 Å². The molecule has 0 bridgehead atoms. The van der Waals surface area contributed by atoms with Crippen LogP contribution in [-0.4, -0.2) is 41.7 Å². The second kappa shape index (κ2) is 8.04. The van der Waals surface area contributed by atoms with Crippen molar-refractivity contribution < 1.29 is 9.53 Å². The zero-order chi connectivity index (χ0) is 21.3. The number of likely N-dealkylation sites (tertiary alicyclic amines) is 1. The Bertz CT molecular complexity index is 1060. The van der Waals surface area contributed by atoms with E-state index in [-0.39, 0.29) is 5.91 Å². The van der Waals surface area contributed by atoms with Gasteiger partial charge in [0.05, 0.1) is 18.4 Å². The highest BCUT2D eigenvalue weighted by Crippen LogP contribution is 2.41. The highest BCUT2D eigenvalue weighted by molar-refractivity contribution is 6.12. The lowest BCUT2D eigenvalue weighted by atomic mass is 9.89. The van der Waals surface area contributed by atoms with Crippen molar-refractivity contribution in [2.45, 2.75) is 25.0 Å². The number of rotatable bonds is 4. The van der Waals surface area contributed by atoms with Gasteiger partial charge in [-0.2, -0.15) is 0 Å². The molecule has 1 spiro atoms. The summed E-state index contributed by atoms with van der Waals surface area (Å²) in [5.74, 6) is 0.818. The molecule has 158 valence electrons. The third-order valence-electron chi connectivity index (χ3n) is 6.28. The number of para-hydroxylation sites is 1. The van der Waals surface area contributed by atoms with Crippen molar-refractivity contribution in [3.63, 3.8) is 0 Å². The molecule has 0 atom stereocenters. The van der Waals surface area contributed by atoms with Gasteiger partial charge in [-0.1, -0.05) is 18.2 Å². The maximum Gasteiger partial charge on any atom is 0.262 e. The number of hydrogen-bond acceptors (Lipinski definition) is 5. The number of anilines is 2. The summed E-state index contributed by atoms with van der Waals surface area (Å²) in [7, 11) is 1.65. The molecule has 3 heterocycles. The van der Waals surface area contributed by atoms with Crippen LogP contribution in [0.1, 0.15) is 28.9 Å². The molecule has 1 fully saturated rings. The number of piperidine rings is 1. The summed E-state index contributed by atoms with van der Waals surface area (Å²) in [6.07, 6.45) is 3.49. The average Bonchev–Trinajstić information content (AvgIpc) is 2.82. The number of nitrogens with zero attached hydrogens (tertiary/aromatic N) is 3. The van der Waals surface area contributed by atoms with Crippen molar-refractivity contribution in [2.75, 3.05) is 30.4 Å². The van der Waals surface area contributed by atoms with Gasteiger partial charge in [0.15, 0.2) is 0 Å². The molecular weight excluding hydrogens is 388 g/mol. The molecule has 1 aromatic heterocycles. The Hall–Kier alpha value is -3.38. The van der Waals surface area contributed by atoms with Gasteiger partial charge in [0.25, 0.3) is 5.91 Å². The van der Waals surface area contributed by atoms with E-state index in [1.54, 1.807) is 7.11 Å². The van der Waals surface area contributed by atoms with Gasteiger partial charge < -0.3 is 10.1 Å². The number of hydrogen-bond donors (Lipinski definition) is 1. The van der Waals surface area contributed by atoms with Gasteiger partial charge in [-0.15, -0.1) is 0 Å². The van der Waals surface area contributed by atoms with E-state index in [0.717, 1.165) is 55.3 Å². The van der Waals surface area contributed by atoms with Crippen LogP contribution >= 0.6 is 0 Å². The number of aromatic nitrogens is 1. The highest BCUT2D eigenvalue weighted by Gasteiger charge is 2.47. The second-order valence-corrected chi connectivity index (χ2v) is 8.14. The van der Waals surface area contributed by atoms with Crippen LogP contribution in [0.4, 0.5) is 11.4 Å². The molecule has 0 saturated carbocycles. The first-order valence-electron chi connectivity index (χ1n) is 10.7. The first kappa shape index (κ1) is 19.6. The molecule has 2 aliphatic rings. The number of benzene rings is 2. The Morgan fingerprint density at radius 1 is 1.00 bits per heavy atom. The Morgan fingerprint density at radius 3 is 2.45 bits per heavy atom. The SMILES string of the molecule is COc1ccc(N2C(=O)c3ccccc3NC23CCN(Cc2ccccn2)CC3)cc1. The minimum Gasteiger partial charge on any atom is -0.497 e. The lowest BCUT2D eigenvalue weighted by Crippen LogP contribution is -2.64. The van der Waals surface area contributed by atoms with Gasteiger partial charge in [-0.05, 0) is 48.5 Å². The minimum atomic E-state index is -0.458. The van der Waals surface area contributed by atoms with Gasteiger partial charge >= 0.3 is 0 Å². The molecule has 0 aliphatic carbocycles. The molecule has 6 nitrogen and oxygen atoms in total.